The SMILES string of the molecule is CC1NNC(CN2C(=O)C3CC(S(=O)(=O)NC4(CF)CC4)CCC3N(CC3CNN(C)C3)C2=O)S1. The predicted octanol–water partition coefficient (Wildman–Crippen LogP) is -0.211. The van der Waals surface area contributed by atoms with Gasteiger partial charge in [-0.3, -0.25) is 15.1 Å². The van der Waals surface area contributed by atoms with Crippen molar-refractivity contribution in [1.82, 2.24) is 35.8 Å². The summed E-state index contributed by atoms with van der Waals surface area (Å²) in [5.74, 6) is -0.665. The number of carbonyl (C=O) groups is 2. The minimum absolute atomic E-state index is 0.139. The third kappa shape index (κ3) is 5.20. The van der Waals surface area contributed by atoms with Gasteiger partial charge in [-0.05, 0) is 39.0 Å². The number of sulfonamides is 1. The van der Waals surface area contributed by atoms with Gasteiger partial charge in [-0.25, -0.2) is 38.2 Å². The topological polar surface area (TPSA) is 126 Å². The summed E-state index contributed by atoms with van der Waals surface area (Å²) in [6.07, 6.45) is 1.93. The summed E-state index contributed by atoms with van der Waals surface area (Å²) in [6, 6.07) is -0.609. The fourth-order valence-electron chi connectivity index (χ4n) is 5.79. The molecule has 2 aliphatic carbocycles. The van der Waals surface area contributed by atoms with Crippen LogP contribution in [-0.2, 0) is 14.8 Å². The highest BCUT2D eigenvalue weighted by molar-refractivity contribution is 8.00. The Morgan fingerprint density at radius 1 is 1.20 bits per heavy atom. The molecule has 6 unspecified atom stereocenters. The summed E-state index contributed by atoms with van der Waals surface area (Å²) in [4.78, 5) is 30.4. The van der Waals surface area contributed by atoms with Gasteiger partial charge in [-0.15, -0.1) is 11.8 Å². The molecular weight excluding hydrogens is 497 g/mol. The minimum Gasteiger partial charge on any atom is -0.320 e. The number of carbonyl (C=O) groups excluding carboxylic acids is 2. The molecule has 35 heavy (non-hydrogen) atoms. The summed E-state index contributed by atoms with van der Waals surface area (Å²) in [6.45, 7) is 3.55. The second-order valence-electron chi connectivity index (χ2n) is 10.7. The summed E-state index contributed by atoms with van der Waals surface area (Å²) < 4.78 is 42.2. The number of alkyl halides is 1. The molecule has 0 aromatic heterocycles. The fourth-order valence-corrected chi connectivity index (χ4v) is 8.73. The van der Waals surface area contributed by atoms with Gasteiger partial charge in [0, 0.05) is 38.6 Å². The third-order valence-electron chi connectivity index (χ3n) is 7.93. The number of hydrogen-bond acceptors (Lipinski definition) is 9. The molecule has 6 atom stereocenters. The number of fused-ring (bicyclic) bond motifs is 1. The predicted molar refractivity (Wildman–Crippen MR) is 130 cm³/mol. The van der Waals surface area contributed by atoms with Gasteiger partial charge in [0.2, 0.25) is 15.9 Å². The van der Waals surface area contributed by atoms with Crippen molar-refractivity contribution in [2.45, 2.75) is 66.6 Å². The van der Waals surface area contributed by atoms with Gasteiger partial charge in [-0.1, -0.05) is 0 Å². The van der Waals surface area contributed by atoms with Crippen molar-refractivity contribution < 1.29 is 22.4 Å². The zero-order valence-electron chi connectivity index (χ0n) is 20.2. The minimum atomic E-state index is -3.78. The fraction of sp³-hybridized carbons (Fsp3) is 0.905. The monoisotopic (exact) mass is 533 g/mol. The normalized spacial score (nSPS) is 37.7. The Bertz CT molecular complexity index is 952. The number of hydrazine groups is 2. The van der Waals surface area contributed by atoms with E-state index in [-0.39, 0.29) is 47.6 Å². The highest BCUT2D eigenvalue weighted by atomic mass is 32.2. The van der Waals surface area contributed by atoms with Crippen molar-refractivity contribution in [2.24, 2.45) is 11.8 Å². The maximum atomic E-state index is 13.6. The average molecular weight is 534 g/mol. The van der Waals surface area contributed by atoms with Crippen LogP contribution in [0.2, 0.25) is 0 Å². The van der Waals surface area contributed by atoms with E-state index in [0.29, 0.717) is 32.2 Å². The van der Waals surface area contributed by atoms with Crippen molar-refractivity contribution in [2.75, 3.05) is 39.9 Å². The third-order valence-corrected chi connectivity index (χ3v) is 11.1. The van der Waals surface area contributed by atoms with Crippen molar-refractivity contribution in [3.8, 4) is 0 Å². The number of imide groups is 1. The van der Waals surface area contributed by atoms with Crippen LogP contribution in [0.15, 0.2) is 0 Å². The van der Waals surface area contributed by atoms with Crippen LogP contribution in [0, 0.1) is 11.8 Å². The average Bonchev–Trinajstić information content (AvgIpc) is 3.26. The molecule has 0 spiro atoms. The van der Waals surface area contributed by atoms with Crippen molar-refractivity contribution in [3.63, 3.8) is 0 Å². The first-order valence-electron chi connectivity index (χ1n) is 12.4. The molecular formula is C21H36FN7O4S2. The smallest absolute Gasteiger partial charge is 0.320 e. The number of hydrogen-bond donors (Lipinski definition) is 4. The number of nitrogens with one attached hydrogen (secondary N) is 4. The molecule has 11 nitrogen and oxygen atoms in total. The lowest BCUT2D eigenvalue weighted by Crippen LogP contribution is -2.66. The lowest BCUT2D eigenvalue weighted by atomic mass is 9.80. The molecule has 5 fully saturated rings. The summed E-state index contributed by atoms with van der Waals surface area (Å²) in [5, 5.41) is 1.24. The standard InChI is InChI=1S/C21H36FN7O4S2/c1-13-24-25-18(34-13)11-29-19(30)16-7-15(35(32,33)26-21(12-22)5-6-21)3-4-17(16)28(20(29)31)10-14-8-23-27(2)9-14/h13-18,23-26H,3-12H2,1-2H3. The highest BCUT2D eigenvalue weighted by Gasteiger charge is 2.53. The highest BCUT2D eigenvalue weighted by Crippen LogP contribution is 2.41. The van der Waals surface area contributed by atoms with E-state index in [1.54, 1.807) is 11.8 Å². The van der Waals surface area contributed by atoms with Gasteiger partial charge in [0.15, 0.2) is 0 Å². The zero-order chi connectivity index (χ0) is 25.0. The second-order valence-corrected chi connectivity index (χ2v) is 14.2. The largest absolute Gasteiger partial charge is 0.327 e. The van der Waals surface area contributed by atoms with Crippen LogP contribution in [0.5, 0.6) is 0 Å². The molecule has 3 heterocycles. The Morgan fingerprint density at radius 3 is 2.57 bits per heavy atom. The zero-order valence-corrected chi connectivity index (χ0v) is 21.8. The number of nitrogens with zero attached hydrogens (tertiary/aromatic N) is 3. The summed E-state index contributed by atoms with van der Waals surface area (Å²) in [5.41, 5.74) is 8.52. The summed E-state index contributed by atoms with van der Waals surface area (Å²) >= 11 is 1.60. The van der Waals surface area contributed by atoms with E-state index in [2.05, 4.69) is 21.0 Å². The first kappa shape index (κ1) is 25.6. The molecule has 5 aliphatic rings. The maximum absolute atomic E-state index is 13.6. The molecule has 3 saturated heterocycles. The van der Waals surface area contributed by atoms with Crippen LogP contribution in [0.3, 0.4) is 0 Å². The molecule has 0 bridgehead atoms. The molecule has 0 aromatic rings. The number of rotatable bonds is 8. The van der Waals surface area contributed by atoms with E-state index in [1.807, 2.05) is 23.9 Å². The number of amides is 3. The van der Waals surface area contributed by atoms with E-state index in [1.165, 1.54) is 4.90 Å². The van der Waals surface area contributed by atoms with Gasteiger partial charge < -0.3 is 4.90 Å². The molecule has 3 aliphatic heterocycles. The van der Waals surface area contributed by atoms with Crippen molar-refractivity contribution in [1.29, 1.82) is 0 Å². The Morgan fingerprint density at radius 2 is 1.97 bits per heavy atom. The van der Waals surface area contributed by atoms with E-state index in [9.17, 15) is 22.4 Å². The second kappa shape index (κ2) is 9.69. The van der Waals surface area contributed by atoms with Crippen LogP contribution in [0.25, 0.3) is 0 Å². The Balaban J connectivity index is 1.36. The van der Waals surface area contributed by atoms with E-state index in [0.717, 1.165) is 13.1 Å². The van der Waals surface area contributed by atoms with Crippen LogP contribution in [-0.4, -0.2) is 103 Å². The molecule has 2 saturated carbocycles. The molecule has 0 radical (unpaired) electrons. The quantitative estimate of drug-likeness (QED) is 0.335. The Labute approximate surface area is 210 Å². The molecule has 0 aromatic carbocycles. The maximum Gasteiger partial charge on any atom is 0.327 e. The molecule has 4 N–H and O–H groups in total. The first-order chi connectivity index (χ1) is 16.6. The molecule has 14 heteroatoms. The molecule has 3 amide bonds. The van der Waals surface area contributed by atoms with Crippen molar-refractivity contribution in [3.05, 3.63) is 0 Å². The first-order valence-corrected chi connectivity index (χ1v) is 14.9. The van der Waals surface area contributed by atoms with Crippen molar-refractivity contribution >= 4 is 33.7 Å². The number of thioether (sulfide) groups is 1. The van der Waals surface area contributed by atoms with Gasteiger partial charge in [-0.2, -0.15) is 0 Å². The summed E-state index contributed by atoms with van der Waals surface area (Å²) in [7, 11) is -1.82. The lowest BCUT2D eigenvalue weighted by Gasteiger charge is -2.49. The number of urea groups is 1. The molecule has 5 rings (SSSR count). The van der Waals surface area contributed by atoms with Crippen LogP contribution in [0.4, 0.5) is 9.18 Å². The van der Waals surface area contributed by atoms with Crippen LogP contribution in [0.1, 0.15) is 39.0 Å². The number of halogens is 1. The van der Waals surface area contributed by atoms with Crippen LogP contribution >= 0.6 is 11.8 Å². The van der Waals surface area contributed by atoms with Gasteiger partial charge >= 0.3 is 6.03 Å². The van der Waals surface area contributed by atoms with Gasteiger partial charge in [0.25, 0.3) is 0 Å². The Kier molecular flexibility index (Phi) is 7.09. The lowest BCUT2D eigenvalue weighted by molar-refractivity contribution is -0.140. The van der Waals surface area contributed by atoms with Crippen LogP contribution < -0.4 is 21.0 Å². The van der Waals surface area contributed by atoms with Gasteiger partial charge in [0.05, 0.1) is 34.0 Å². The van der Waals surface area contributed by atoms with E-state index in [4.69, 9.17) is 0 Å². The molecule has 198 valence electrons. The Hall–Kier alpha value is -1.03. The van der Waals surface area contributed by atoms with E-state index < -0.39 is 33.4 Å². The van der Waals surface area contributed by atoms with Gasteiger partial charge in [0.1, 0.15) is 6.67 Å². The van der Waals surface area contributed by atoms with E-state index >= 15 is 0 Å².